The van der Waals surface area contributed by atoms with Gasteiger partial charge in [-0.05, 0) is 54.3 Å². The molecule has 162 valence electrons. The van der Waals surface area contributed by atoms with Gasteiger partial charge in [0.1, 0.15) is 5.82 Å². The summed E-state index contributed by atoms with van der Waals surface area (Å²) in [6.45, 7) is 1.73. The molecule has 1 saturated heterocycles. The lowest BCUT2D eigenvalue weighted by Gasteiger charge is -2.20. The van der Waals surface area contributed by atoms with Crippen LogP contribution in [0.4, 0.5) is 0 Å². The predicted molar refractivity (Wildman–Crippen MR) is 128 cm³/mol. The summed E-state index contributed by atoms with van der Waals surface area (Å²) in [5, 5.41) is 0. The summed E-state index contributed by atoms with van der Waals surface area (Å²) in [6.07, 6.45) is 7.84. The first kappa shape index (κ1) is 20.8. The van der Waals surface area contributed by atoms with Gasteiger partial charge in [-0.1, -0.05) is 31.0 Å². The largest absolute Gasteiger partial charge is 0.339 e. The first-order valence-electron chi connectivity index (χ1n) is 11.3. The molecule has 32 heavy (non-hydrogen) atoms. The van der Waals surface area contributed by atoms with Crippen LogP contribution in [0, 0.1) is 0 Å². The van der Waals surface area contributed by atoms with Crippen molar-refractivity contribution in [1.29, 1.82) is 0 Å². The lowest BCUT2D eigenvalue weighted by Crippen LogP contribution is -2.31. The van der Waals surface area contributed by atoms with E-state index in [0.717, 1.165) is 60.5 Å². The van der Waals surface area contributed by atoms with E-state index in [-0.39, 0.29) is 5.91 Å². The van der Waals surface area contributed by atoms with Crippen LogP contribution >= 0.6 is 11.3 Å². The molecule has 0 N–H and O–H groups in total. The zero-order chi connectivity index (χ0) is 21.8. The Hall–Kier alpha value is -3.12. The average Bonchev–Trinajstić information content (AvgIpc) is 3.11. The Kier molecular flexibility index (Phi) is 6.21. The molecule has 2 aromatic heterocycles. The van der Waals surface area contributed by atoms with Crippen LogP contribution in [0.25, 0.3) is 10.2 Å². The van der Waals surface area contributed by atoms with Crippen molar-refractivity contribution >= 4 is 27.5 Å². The highest BCUT2D eigenvalue weighted by Gasteiger charge is 2.17. The minimum Gasteiger partial charge on any atom is -0.339 e. The van der Waals surface area contributed by atoms with Gasteiger partial charge in [0.2, 0.25) is 0 Å². The Bertz CT molecular complexity index is 1230. The maximum absolute atomic E-state index is 13.0. The lowest BCUT2D eigenvalue weighted by atomic mass is 10.1. The highest BCUT2D eigenvalue weighted by Crippen LogP contribution is 2.21. The van der Waals surface area contributed by atoms with Gasteiger partial charge < -0.3 is 4.90 Å². The molecule has 5 rings (SSSR count). The fourth-order valence-electron chi connectivity index (χ4n) is 4.30. The Morgan fingerprint density at radius 1 is 0.906 bits per heavy atom. The van der Waals surface area contributed by atoms with Crippen LogP contribution in [0.5, 0.6) is 0 Å². The van der Waals surface area contributed by atoms with Gasteiger partial charge in [0, 0.05) is 43.4 Å². The van der Waals surface area contributed by atoms with E-state index in [1.54, 1.807) is 11.3 Å². The molecule has 0 atom stereocenters. The maximum atomic E-state index is 13.0. The summed E-state index contributed by atoms with van der Waals surface area (Å²) < 4.78 is 1.20. The van der Waals surface area contributed by atoms with Crippen LogP contribution in [0.15, 0.2) is 60.2 Å². The highest BCUT2D eigenvalue weighted by molar-refractivity contribution is 7.16. The molecule has 0 unspecified atom stereocenters. The summed E-state index contributed by atoms with van der Waals surface area (Å²) in [5.41, 5.74) is 6.96. The number of carbonyl (C=O) groups is 1. The SMILES string of the molecule is O=C(c1cccc(Cc2nccc(Cc3ccc4ncsc4c3)n2)c1)N1CCCCCC1. The number of nitrogens with zero attached hydrogens (tertiary/aromatic N) is 4. The van der Waals surface area contributed by atoms with E-state index in [1.807, 2.05) is 46.9 Å². The number of benzene rings is 2. The van der Waals surface area contributed by atoms with Crippen LogP contribution in [0.2, 0.25) is 0 Å². The van der Waals surface area contributed by atoms with Crippen molar-refractivity contribution in [2.24, 2.45) is 0 Å². The van der Waals surface area contributed by atoms with Crippen molar-refractivity contribution in [3.8, 4) is 0 Å². The van der Waals surface area contributed by atoms with Crippen LogP contribution in [0.3, 0.4) is 0 Å². The van der Waals surface area contributed by atoms with Crippen LogP contribution < -0.4 is 0 Å². The summed E-state index contributed by atoms with van der Waals surface area (Å²) >= 11 is 1.66. The van der Waals surface area contributed by atoms with Crippen molar-refractivity contribution < 1.29 is 4.79 Å². The number of hydrogen-bond acceptors (Lipinski definition) is 5. The molecule has 0 aliphatic carbocycles. The van der Waals surface area contributed by atoms with Crippen LogP contribution in [-0.2, 0) is 12.8 Å². The summed E-state index contributed by atoms with van der Waals surface area (Å²) in [5.74, 6) is 0.919. The number of carbonyl (C=O) groups excluding carboxylic acids is 1. The van der Waals surface area contributed by atoms with Gasteiger partial charge in [0.15, 0.2) is 0 Å². The molecule has 4 aromatic rings. The fourth-order valence-corrected chi connectivity index (χ4v) is 5.04. The standard InChI is InChI=1S/C26H26N4OS/c31-26(30-12-3-1-2-4-13-30)21-7-5-6-19(14-21)17-25-27-11-10-22(29-25)15-20-8-9-23-24(16-20)32-18-28-23/h5-11,14,16,18H,1-4,12-13,15,17H2. The molecule has 0 bridgehead atoms. The molecule has 6 heteroatoms. The topological polar surface area (TPSA) is 59.0 Å². The Labute approximate surface area is 192 Å². The normalized spacial score (nSPS) is 14.4. The summed E-state index contributed by atoms with van der Waals surface area (Å²) in [4.78, 5) is 28.6. The zero-order valence-corrected chi connectivity index (χ0v) is 18.9. The van der Waals surface area contributed by atoms with E-state index in [0.29, 0.717) is 6.42 Å². The van der Waals surface area contributed by atoms with E-state index < -0.39 is 0 Å². The molecule has 3 heterocycles. The Morgan fingerprint density at radius 3 is 2.62 bits per heavy atom. The number of aromatic nitrogens is 3. The molecule has 0 saturated carbocycles. The minimum absolute atomic E-state index is 0.141. The van der Waals surface area contributed by atoms with E-state index in [4.69, 9.17) is 4.98 Å². The van der Waals surface area contributed by atoms with Crippen molar-refractivity contribution in [1.82, 2.24) is 19.9 Å². The Balaban J connectivity index is 1.30. The molecular formula is C26H26N4OS. The van der Waals surface area contributed by atoms with Crippen molar-refractivity contribution in [3.05, 3.63) is 88.4 Å². The third kappa shape index (κ3) is 4.86. The van der Waals surface area contributed by atoms with Crippen molar-refractivity contribution in [2.75, 3.05) is 13.1 Å². The van der Waals surface area contributed by atoms with E-state index in [2.05, 4.69) is 28.2 Å². The summed E-state index contributed by atoms with van der Waals surface area (Å²) in [6, 6.07) is 16.3. The minimum atomic E-state index is 0.141. The predicted octanol–water partition coefficient (Wildman–Crippen LogP) is 5.28. The van der Waals surface area contributed by atoms with Gasteiger partial charge in [-0.25, -0.2) is 15.0 Å². The zero-order valence-electron chi connectivity index (χ0n) is 18.0. The molecular weight excluding hydrogens is 416 g/mol. The molecule has 1 fully saturated rings. The Morgan fingerprint density at radius 2 is 1.75 bits per heavy atom. The molecule has 0 spiro atoms. The number of amides is 1. The first-order chi connectivity index (χ1) is 15.7. The second kappa shape index (κ2) is 9.57. The third-order valence-electron chi connectivity index (χ3n) is 5.97. The van der Waals surface area contributed by atoms with Gasteiger partial charge >= 0.3 is 0 Å². The maximum Gasteiger partial charge on any atom is 0.253 e. The monoisotopic (exact) mass is 442 g/mol. The van der Waals surface area contributed by atoms with Gasteiger partial charge in [0.05, 0.1) is 15.7 Å². The number of hydrogen-bond donors (Lipinski definition) is 0. The number of rotatable bonds is 5. The molecule has 5 nitrogen and oxygen atoms in total. The number of fused-ring (bicyclic) bond motifs is 1. The number of thiazole rings is 1. The third-order valence-corrected chi connectivity index (χ3v) is 6.77. The van der Waals surface area contributed by atoms with Crippen molar-refractivity contribution in [3.63, 3.8) is 0 Å². The average molecular weight is 443 g/mol. The molecule has 1 amide bonds. The summed E-state index contributed by atoms with van der Waals surface area (Å²) in [7, 11) is 0. The van der Waals surface area contributed by atoms with Crippen LogP contribution in [-0.4, -0.2) is 38.8 Å². The molecule has 1 aliphatic heterocycles. The smallest absolute Gasteiger partial charge is 0.253 e. The molecule has 2 aromatic carbocycles. The van der Waals surface area contributed by atoms with E-state index in [1.165, 1.54) is 23.1 Å². The quantitative estimate of drug-likeness (QED) is 0.422. The van der Waals surface area contributed by atoms with E-state index in [9.17, 15) is 4.79 Å². The van der Waals surface area contributed by atoms with E-state index >= 15 is 0 Å². The van der Waals surface area contributed by atoms with Gasteiger partial charge in [0.25, 0.3) is 5.91 Å². The molecule has 1 aliphatic rings. The van der Waals surface area contributed by atoms with Crippen molar-refractivity contribution in [2.45, 2.75) is 38.5 Å². The van der Waals surface area contributed by atoms with Gasteiger partial charge in [-0.15, -0.1) is 11.3 Å². The lowest BCUT2D eigenvalue weighted by molar-refractivity contribution is 0.0761. The fraction of sp³-hybridized carbons (Fsp3) is 0.308. The van der Waals surface area contributed by atoms with Gasteiger partial charge in [-0.2, -0.15) is 0 Å². The van der Waals surface area contributed by atoms with Gasteiger partial charge in [-0.3, -0.25) is 4.79 Å². The van der Waals surface area contributed by atoms with Crippen LogP contribution in [0.1, 0.15) is 58.7 Å². The second-order valence-electron chi connectivity index (χ2n) is 8.38. The highest BCUT2D eigenvalue weighted by atomic mass is 32.1. The molecule has 0 radical (unpaired) electrons. The number of likely N-dealkylation sites (tertiary alicyclic amines) is 1. The second-order valence-corrected chi connectivity index (χ2v) is 9.27. The first-order valence-corrected chi connectivity index (χ1v) is 12.1.